The van der Waals surface area contributed by atoms with Crippen LogP contribution >= 0.6 is 0 Å². The monoisotopic (exact) mass is 282 g/mol. The number of para-hydroxylation sites is 2. The van der Waals surface area contributed by atoms with Crippen molar-refractivity contribution >= 4 is 11.4 Å². The zero-order valence-corrected chi connectivity index (χ0v) is 12.7. The molecule has 0 saturated heterocycles. The Morgan fingerprint density at radius 1 is 1.19 bits per heavy atom. The first kappa shape index (κ1) is 13.8. The Morgan fingerprint density at radius 2 is 2.05 bits per heavy atom. The van der Waals surface area contributed by atoms with E-state index in [2.05, 4.69) is 59.6 Å². The molecule has 1 aliphatic rings. The minimum Gasteiger partial charge on any atom is -0.496 e. The third-order valence-electron chi connectivity index (χ3n) is 3.96. The maximum Gasteiger partial charge on any atom is 0.123 e. The van der Waals surface area contributed by atoms with Crippen LogP contribution in [0.25, 0.3) is 0 Å². The van der Waals surface area contributed by atoms with E-state index in [1.165, 1.54) is 22.5 Å². The molecule has 1 N–H and O–H groups in total. The zero-order valence-electron chi connectivity index (χ0n) is 12.7. The number of rotatable bonds is 3. The molecule has 0 aromatic heterocycles. The summed E-state index contributed by atoms with van der Waals surface area (Å²) in [6.45, 7) is 5.09. The third-order valence-corrected chi connectivity index (χ3v) is 3.96. The van der Waals surface area contributed by atoms with E-state index < -0.39 is 0 Å². The van der Waals surface area contributed by atoms with Gasteiger partial charge in [0.2, 0.25) is 0 Å². The summed E-state index contributed by atoms with van der Waals surface area (Å²) in [7, 11) is 1.74. The molecule has 0 saturated carbocycles. The highest BCUT2D eigenvalue weighted by Gasteiger charge is 2.16. The lowest BCUT2D eigenvalue weighted by Gasteiger charge is -2.25. The quantitative estimate of drug-likeness (QED) is 0.926. The summed E-state index contributed by atoms with van der Waals surface area (Å²) in [5, 5.41) is 3.51. The molecule has 0 unspecified atom stereocenters. The molecule has 0 radical (unpaired) electrons. The third kappa shape index (κ3) is 2.97. The highest BCUT2D eigenvalue weighted by Crippen LogP contribution is 2.31. The van der Waals surface area contributed by atoms with Crippen molar-refractivity contribution in [2.45, 2.75) is 19.9 Å². The molecule has 0 atom stereocenters. The molecule has 3 rings (SSSR count). The molecule has 0 bridgehead atoms. The Bertz CT molecular complexity index is 624. The average molecular weight is 282 g/mol. The van der Waals surface area contributed by atoms with Gasteiger partial charge in [0.15, 0.2) is 0 Å². The van der Waals surface area contributed by atoms with Gasteiger partial charge in [0, 0.05) is 25.2 Å². The number of hydrogen-bond donors (Lipinski definition) is 1. The summed E-state index contributed by atoms with van der Waals surface area (Å²) >= 11 is 0. The number of fused-ring (bicyclic) bond motifs is 1. The number of nitrogens with zero attached hydrogens (tertiary/aromatic N) is 1. The molecule has 2 aromatic rings. The lowest BCUT2D eigenvalue weighted by molar-refractivity contribution is 0.409. The predicted molar refractivity (Wildman–Crippen MR) is 88.3 cm³/mol. The van der Waals surface area contributed by atoms with Crippen molar-refractivity contribution in [2.24, 2.45) is 0 Å². The average Bonchev–Trinajstić information content (AvgIpc) is 2.70. The molecule has 2 aromatic carbocycles. The van der Waals surface area contributed by atoms with Gasteiger partial charge in [-0.05, 0) is 31.5 Å². The molecular weight excluding hydrogens is 260 g/mol. The van der Waals surface area contributed by atoms with Crippen molar-refractivity contribution in [2.75, 3.05) is 30.4 Å². The van der Waals surface area contributed by atoms with Crippen LogP contribution in [0.2, 0.25) is 0 Å². The first-order valence-corrected chi connectivity index (χ1v) is 7.49. The molecule has 0 fully saturated rings. The largest absolute Gasteiger partial charge is 0.496 e. The zero-order chi connectivity index (χ0) is 14.7. The van der Waals surface area contributed by atoms with E-state index in [-0.39, 0.29) is 0 Å². The van der Waals surface area contributed by atoms with Crippen LogP contribution in [-0.4, -0.2) is 20.2 Å². The van der Waals surface area contributed by atoms with Gasteiger partial charge in [-0.25, -0.2) is 0 Å². The van der Waals surface area contributed by atoms with Gasteiger partial charge in [0.1, 0.15) is 5.75 Å². The number of aryl methyl sites for hydroxylation is 1. The second kappa shape index (κ2) is 6.08. The van der Waals surface area contributed by atoms with Crippen molar-refractivity contribution in [1.82, 2.24) is 0 Å². The van der Waals surface area contributed by atoms with Crippen LogP contribution in [0.15, 0.2) is 42.5 Å². The van der Waals surface area contributed by atoms with E-state index in [4.69, 9.17) is 4.74 Å². The number of anilines is 2. The van der Waals surface area contributed by atoms with Gasteiger partial charge < -0.3 is 15.0 Å². The predicted octanol–water partition coefficient (Wildman–Crippen LogP) is 3.83. The number of benzene rings is 2. The Labute approximate surface area is 126 Å². The Hall–Kier alpha value is -2.16. The number of methoxy groups -OCH3 is 1. The van der Waals surface area contributed by atoms with Crippen LogP contribution in [0.1, 0.15) is 17.5 Å². The normalized spacial score (nSPS) is 14.1. The Balaban J connectivity index is 1.93. The van der Waals surface area contributed by atoms with E-state index in [1.54, 1.807) is 7.11 Å². The van der Waals surface area contributed by atoms with Crippen LogP contribution in [-0.2, 0) is 6.54 Å². The molecule has 0 spiro atoms. The first-order chi connectivity index (χ1) is 10.3. The highest BCUT2D eigenvalue weighted by atomic mass is 16.5. The van der Waals surface area contributed by atoms with Gasteiger partial charge >= 0.3 is 0 Å². The molecule has 1 aliphatic heterocycles. The van der Waals surface area contributed by atoms with Crippen molar-refractivity contribution in [1.29, 1.82) is 0 Å². The van der Waals surface area contributed by atoms with Crippen LogP contribution < -0.4 is 15.0 Å². The van der Waals surface area contributed by atoms with Gasteiger partial charge in [-0.2, -0.15) is 0 Å². The summed E-state index contributed by atoms with van der Waals surface area (Å²) in [4.78, 5) is 2.44. The summed E-state index contributed by atoms with van der Waals surface area (Å²) in [5.41, 5.74) is 5.02. The summed E-state index contributed by atoms with van der Waals surface area (Å²) < 4.78 is 5.52. The van der Waals surface area contributed by atoms with Crippen LogP contribution in [0.3, 0.4) is 0 Å². The molecule has 21 heavy (non-hydrogen) atoms. The molecule has 1 heterocycles. The SMILES string of the molecule is COc1ccc(C)cc1CN1CCCNc2ccccc21. The molecular formula is C18H22N2O. The summed E-state index contributed by atoms with van der Waals surface area (Å²) in [5.74, 6) is 0.968. The number of ether oxygens (including phenoxy) is 1. The molecule has 0 aliphatic carbocycles. The molecule has 3 nitrogen and oxygen atoms in total. The van der Waals surface area contributed by atoms with E-state index in [0.717, 1.165) is 31.8 Å². The fourth-order valence-electron chi connectivity index (χ4n) is 2.91. The van der Waals surface area contributed by atoms with Crippen molar-refractivity contribution < 1.29 is 4.74 Å². The minimum absolute atomic E-state index is 0.879. The van der Waals surface area contributed by atoms with Gasteiger partial charge in [0.25, 0.3) is 0 Å². The van der Waals surface area contributed by atoms with Crippen molar-refractivity contribution in [3.63, 3.8) is 0 Å². The van der Waals surface area contributed by atoms with Crippen LogP contribution in [0, 0.1) is 6.92 Å². The van der Waals surface area contributed by atoms with Gasteiger partial charge in [-0.15, -0.1) is 0 Å². The molecule has 3 heteroatoms. The van der Waals surface area contributed by atoms with E-state index >= 15 is 0 Å². The summed E-state index contributed by atoms with van der Waals surface area (Å²) in [6.07, 6.45) is 1.14. The molecule has 0 amide bonds. The topological polar surface area (TPSA) is 24.5 Å². The maximum atomic E-state index is 5.52. The van der Waals surface area contributed by atoms with Gasteiger partial charge in [0.05, 0.1) is 18.5 Å². The number of nitrogens with one attached hydrogen (secondary N) is 1. The van der Waals surface area contributed by atoms with Gasteiger partial charge in [-0.3, -0.25) is 0 Å². The summed E-state index contributed by atoms with van der Waals surface area (Å²) in [6, 6.07) is 14.9. The lowest BCUT2D eigenvalue weighted by Crippen LogP contribution is -2.23. The van der Waals surface area contributed by atoms with Crippen molar-refractivity contribution in [3.05, 3.63) is 53.6 Å². The minimum atomic E-state index is 0.879. The Morgan fingerprint density at radius 3 is 2.90 bits per heavy atom. The van der Waals surface area contributed by atoms with E-state index in [0.29, 0.717) is 0 Å². The van der Waals surface area contributed by atoms with Crippen LogP contribution in [0.4, 0.5) is 11.4 Å². The number of hydrogen-bond acceptors (Lipinski definition) is 3. The van der Waals surface area contributed by atoms with Crippen LogP contribution in [0.5, 0.6) is 5.75 Å². The smallest absolute Gasteiger partial charge is 0.123 e. The maximum absolute atomic E-state index is 5.52. The van der Waals surface area contributed by atoms with E-state index in [1.807, 2.05) is 0 Å². The standard InChI is InChI=1S/C18H22N2O/c1-14-8-9-18(21-2)15(12-14)13-20-11-5-10-19-16-6-3-4-7-17(16)20/h3-4,6-9,12,19H,5,10-11,13H2,1-2H3. The second-order valence-electron chi connectivity index (χ2n) is 5.53. The lowest BCUT2D eigenvalue weighted by atomic mass is 10.1. The van der Waals surface area contributed by atoms with Gasteiger partial charge in [-0.1, -0.05) is 29.8 Å². The van der Waals surface area contributed by atoms with Crippen molar-refractivity contribution in [3.8, 4) is 5.75 Å². The first-order valence-electron chi connectivity index (χ1n) is 7.49. The second-order valence-corrected chi connectivity index (χ2v) is 5.53. The van der Waals surface area contributed by atoms with E-state index in [9.17, 15) is 0 Å². The fourth-order valence-corrected chi connectivity index (χ4v) is 2.91. The Kier molecular flexibility index (Phi) is 4.00. The fraction of sp³-hybridized carbons (Fsp3) is 0.333. The molecule has 110 valence electrons. The highest BCUT2D eigenvalue weighted by molar-refractivity contribution is 5.70.